The van der Waals surface area contributed by atoms with E-state index in [1.54, 1.807) is 45.5 Å². The van der Waals surface area contributed by atoms with Gasteiger partial charge in [0.25, 0.3) is 0 Å². The Morgan fingerprint density at radius 3 is 2.14 bits per heavy atom. The van der Waals surface area contributed by atoms with Crippen molar-refractivity contribution < 1.29 is 47.5 Å². The number of ether oxygens (including phenoxy) is 8. The van der Waals surface area contributed by atoms with Crippen LogP contribution in [0.15, 0.2) is 79.9 Å². The summed E-state index contributed by atoms with van der Waals surface area (Å²) >= 11 is 0. The van der Waals surface area contributed by atoms with Crippen molar-refractivity contribution in [3.05, 3.63) is 96.6 Å². The van der Waals surface area contributed by atoms with Gasteiger partial charge in [0.15, 0.2) is 23.0 Å². The van der Waals surface area contributed by atoms with Gasteiger partial charge in [0, 0.05) is 6.54 Å². The van der Waals surface area contributed by atoms with E-state index >= 15 is 4.79 Å². The van der Waals surface area contributed by atoms with E-state index in [1.165, 1.54) is 0 Å². The predicted molar refractivity (Wildman–Crippen MR) is 224 cm³/mol. The van der Waals surface area contributed by atoms with Crippen LogP contribution >= 0.6 is 0 Å². The predicted octanol–water partition coefficient (Wildman–Crippen LogP) is 8.83. The smallest absolute Gasteiger partial charge is 0.329 e. The van der Waals surface area contributed by atoms with E-state index in [4.69, 9.17) is 37.9 Å². The molecule has 0 spiro atoms. The van der Waals surface area contributed by atoms with Crippen molar-refractivity contribution in [2.45, 2.75) is 82.3 Å². The molecule has 1 aliphatic heterocycles. The van der Waals surface area contributed by atoms with Crippen LogP contribution in [0.1, 0.15) is 86.5 Å². The summed E-state index contributed by atoms with van der Waals surface area (Å²) in [7, 11) is 6.37. The Morgan fingerprint density at radius 1 is 0.741 bits per heavy atom. The van der Waals surface area contributed by atoms with Crippen LogP contribution in [0, 0.1) is 5.92 Å². The van der Waals surface area contributed by atoms with E-state index in [1.807, 2.05) is 54.6 Å². The number of nitrogens with zero attached hydrogens (tertiary/aromatic N) is 1. The molecule has 5 rings (SSSR count). The van der Waals surface area contributed by atoms with Crippen molar-refractivity contribution in [3.63, 3.8) is 0 Å². The fourth-order valence-corrected chi connectivity index (χ4v) is 8.10. The molecule has 2 aliphatic rings. The number of benzene rings is 3. The number of rotatable bonds is 22. The van der Waals surface area contributed by atoms with Gasteiger partial charge in [-0.1, -0.05) is 56.2 Å². The highest BCUT2D eigenvalue weighted by Gasteiger charge is 2.41. The molecular formula is C47H61NO10. The number of piperidine rings is 1. The molecule has 0 bridgehead atoms. The lowest BCUT2D eigenvalue weighted by Gasteiger charge is -2.40. The lowest BCUT2D eigenvalue weighted by Crippen LogP contribution is -2.51. The third kappa shape index (κ3) is 11.5. The second-order valence-corrected chi connectivity index (χ2v) is 14.7. The van der Waals surface area contributed by atoms with Gasteiger partial charge in [-0.3, -0.25) is 4.79 Å². The normalized spacial score (nSPS) is 16.7. The first kappa shape index (κ1) is 44.0. The maximum absolute atomic E-state index is 15.1. The average Bonchev–Trinajstić information content (AvgIpc) is 3.27. The van der Waals surface area contributed by atoms with Crippen molar-refractivity contribution in [2.24, 2.45) is 5.92 Å². The molecular weight excluding hydrogens is 739 g/mol. The zero-order valence-corrected chi connectivity index (χ0v) is 34.7. The summed E-state index contributed by atoms with van der Waals surface area (Å²) in [4.78, 5) is 31.4. The zero-order chi connectivity index (χ0) is 41.3. The van der Waals surface area contributed by atoms with Gasteiger partial charge in [0.1, 0.15) is 31.1 Å². The number of aryl methyl sites for hydroxylation is 1. The third-order valence-corrected chi connectivity index (χ3v) is 11.0. The van der Waals surface area contributed by atoms with Crippen LogP contribution in [0.5, 0.6) is 34.5 Å². The van der Waals surface area contributed by atoms with Gasteiger partial charge in [-0.05, 0) is 104 Å². The maximum Gasteiger partial charge on any atom is 0.329 e. The lowest BCUT2D eigenvalue weighted by molar-refractivity contribution is -0.163. The molecule has 1 saturated carbocycles. The van der Waals surface area contributed by atoms with E-state index in [0.717, 1.165) is 61.6 Å². The van der Waals surface area contributed by atoms with Crippen LogP contribution in [0.25, 0.3) is 0 Å². The van der Waals surface area contributed by atoms with E-state index in [2.05, 4.69) is 13.2 Å². The standard InChI is InChI=1S/C47H61NO10/c1-7-25-55-27-28-57-45-42(53-5)31-36(32-43(45)54-6)44(34-15-10-9-11-16-34)46(49)48-24-13-12-19-38(48)47(50)58-39(35-17-14-18-37(30-35)56-26-8-2)22-20-33-21-23-40(51-3)41(29-33)52-4/h7-8,14,17-18,21,23,29-32,34,38-39,44H,1-2,9-13,15-16,19-20,22,24-28H2,3-6H3/t38-,39?,44?/m1/s1. The molecule has 2 unspecified atom stereocenters. The Hall–Kier alpha value is -5.16. The first-order chi connectivity index (χ1) is 28.3. The van der Waals surface area contributed by atoms with E-state index in [0.29, 0.717) is 80.1 Å². The fraction of sp³-hybridized carbons (Fsp3) is 0.489. The van der Waals surface area contributed by atoms with Gasteiger partial charge >= 0.3 is 5.97 Å². The van der Waals surface area contributed by atoms with E-state index in [9.17, 15) is 4.79 Å². The van der Waals surface area contributed by atoms with Gasteiger partial charge in [0.2, 0.25) is 11.7 Å². The number of carbonyl (C=O) groups excluding carboxylic acids is 2. The molecule has 58 heavy (non-hydrogen) atoms. The van der Waals surface area contributed by atoms with Crippen molar-refractivity contribution >= 4 is 11.9 Å². The van der Waals surface area contributed by atoms with Crippen molar-refractivity contribution in [1.82, 2.24) is 4.90 Å². The molecule has 11 nitrogen and oxygen atoms in total. The Kier molecular flexibility index (Phi) is 17.2. The maximum atomic E-state index is 15.1. The second-order valence-electron chi connectivity index (χ2n) is 14.7. The Balaban J connectivity index is 1.44. The first-order valence-electron chi connectivity index (χ1n) is 20.5. The molecule has 3 aromatic rings. The number of amides is 1. The molecule has 1 aliphatic carbocycles. The number of esters is 1. The van der Waals surface area contributed by atoms with Crippen LogP contribution < -0.4 is 28.4 Å². The minimum Gasteiger partial charge on any atom is -0.493 e. The quantitative estimate of drug-likeness (QED) is 0.0556. The minimum absolute atomic E-state index is 0.0779. The van der Waals surface area contributed by atoms with Gasteiger partial charge in [-0.2, -0.15) is 0 Å². The lowest BCUT2D eigenvalue weighted by atomic mass is 9.75. The summed E-state index contributed by atoms with van der Waals surface area (Å²) < 4.78 is 46.6. The van der Waals surface area contributed by atoms with E-state index in [-0.39, 0.29) is 18.4 Å². The zero-order valence-electron chi connectivity index (χ0n) is 34.7. The van der Waals surface area contributed by atoms with Crippen molar-refractivity contribution in [3.8, 4) is 34.5 Å². The highest BCUT2D eigenvalue weighted by atomic mass is 16.6. The highest BCUT2D eigenvalue weighted by Crippen LogP contribution is 2.45. The molecule has 314 valence electrons. The SMILES string of the molecule is C=CCOCCOc1c(OC)cc(C(C(=O)N2CCCC[C@@H]2C(=O)OC(CCc2ccc(OC)c(OC)c2)c2cccc(OCC=C)c2)C2CCCCC2)cc1OC. The number of likely N-dealkylation sites (tertiary alicyclic amines) is 1. The molecule has 1 amide bonds. The molecule has 0 aromatic heterocycles. The summed E-state index contributed by atoms with van der Waals surface area (Å²) in [5.41, 5.74) is 2.59. The number of hydrogen-bond donors (Lipinski definition) is 0. The van der Waals surface area contributed by atoms with E-state index < -0.39 is 24.0 Å². The summed E-state index contributed by atoms with van der Waals surface area (Å²) in [6.07, 6.45) is 11.0. The average molecular weight is 800 g/mol. The highest BCUT2D eigenvalue weighted by molar-refractivity contribution is 5.89. The molecule has 1 saturated heterocycles. The van der Waals surface area contributed by atoms with Crippen LogP contribution in [0.4, 0.5) is 0 Å². The topological polar surface area (TPSA) is 111 Å². The van der Waals surface area contributed by atoms with Crippen LogP contribution in [-0.2, 0) is 25.5 Å². The molecule has 11 heteroatoms. The Bertz CT molecular complexity index is 1780. The largest absolute Gasteiger partial charge is 0.493 e. The fourth-order valence-electron chi connectivity index (χ4n) is 8.10. The van der Waals surface area contributed by atoms with Crippen molar-refractivity contribution in [2.75, 3.05) is 61.4 Å². The third-order valence-electron chi connectivity index (χ3n) is 11.0. The van der Waals surface area contributed by atoms with Crippen molar-refractivity contribution in [1.29, 1.82) is 0 Å². The molecule has 3 aromatic carbocycles. The molecule has 0 N–H and O–H groups in total. The number of carbonyl (C=O) groups is 2. The van der Waals surface area contributed by atoms with Gasteiger partial charge in [-0.15, -0.1) is 6.58 Å². The molecule has 0 radical (unpaired) electrons. The van der Waals surface area contributed by atoms with Crippen LogP contribution in [-0.4, -0.2) is 84.2 Å². The Labute approximate surface area is 344 Å². The summed E-state index contributed by atoms with van der Waals surface area (Å²) in [6.45, 7) is 9.32. The Morgan fingerprint density at radius 2 is 1.45 bits per heavy atom. The van der Waals surface area contributed by atoms with Gasteiger partial charge < -0.3 is 42.8 Å². The minimum atomic E-state index is -0.738. The molecule has 1 heterocycles. The molecule has 3 atom stereocenters. The summed E-state index contributed by atoms with van der Waals surface area (Å²) in [5, 5.41) is 0. The van der Waals surface area contributed by atoms with Crippen LogP contribution in [0.2, 0.25) is 0 Å². The number of hydrogen-bond acceptors (Lipinski definition) is 10. The molecule has 2 fully saturated rings. The number of methoxy groups -OCH3 is 4. The first-order valence-corrected chi connectivity index (χ1v) is 20.5. The summed E-state index contributed by atoms with van der Waals surface area (Å²) in [5.74, 6) is 2.39. The van der Waals surface area contributed by atoms with Gasteiger partial charge in [-0.25, -0.2) is 4.79 Å². The summed E-state index contributed by atoms with van der Waals surface area (Å²) in [6, 6.07) is 16.5. The van der Waals surface area contributed by atoms with Gasteiger partial charge in [0.05, 0.1) is 47.6 Å². The second kappa shape index (κ2) is 22.7. The van der Waals surface area contributed by atoms with Crippen LogP contribution in [0.3, 0.4) is 0 Å². The monoisotopic (exact) mass is 799 g/mol.